The van der Waals surface area contributed by atoms with E-state index < -0.39 is 5.82 Å². The van der Waals surface area contributed by atoms with Crippen LogP contribution in [0.15, 0.2) is 36.7 Å². The minimum Gasteiger partial charge on any atom is -0.493 e. The highest BCUT2D eigenvalue weighted by Crippen LogP contribution is 2.35. The molecule has 1 aromatic heterocycles. The largest absolute Gasteiger partial charge is 0.493 e. The Morgan fingerprint density at radius 1 is 0.843 bits per heavy atom. The lowest BCUT2D eigenvalue weighted by Crippen LogP contribution is -2.49. The lowest BCUT2D eigenvalue weighted by Gasteiger charge is -2.34. The Hall–Kier alpha value is -3.70. The minimum absolute atomic E-state index is 0.00777. The van der Waals surface area contributed by atoms with Gasteiger partial charge in [0.05, 0.1) is 37.3 Å². The molecule has 0 unspecified atom stereocenters. The third kappa shape index (κ3) is 13.7. The van der Waals surface area contributed by atoms with E-state index in [9.17, 15) is 14.0 Å². The second-order valence-corrected chi connectivity index (χ2v) is 13.6. The number of rotatable bonds is 23. The Kier molecular flexibility index (Phi) is 17.5. The van der Waals surface area contributed by atoms with Gasteiger partial charge in [-0.3, -0.25) is 14.5 Å². The van der Waals surface area contributed by atoms with Crippen molar-refractivity contribution in [2.24, 2.45) is 0 Å². The molecule has 0 atom stereocenters. The van der Waals surface area contributed by atoms with Crippen molar-refractivity contribution >= 4 is 45.9 Å². The van der Waals surface area contributed by atoms with E-state index in [1.54, 1.807) is 19.2 Å². The normalized spacial score (nSPS) is 13.4. The number of fused-ring (bicyclic) bond motifs is 1. The molecule has 4 rings (SSSR count). The number of halogens is 2. The van der Waals surface area contributed by atoms with Gasteiger partial charge in [0.25, 0.3) is 0 Å². The standard InChI is InChI=1S/C39H55ClFN5O5/c1-3-4-5-6-7-8-9-10-11-12-13-24-51-38(48)18-17-37(47)46-22-20-45(21-23-46)19-14-25-50-36-27-31-34(28-35(36)49-2)42-29-43-39(31)44-30-15-16-33(41)32(40)26-30/h15-16,26-29H,3-14,17-25H2,1-2H3,(H,42,43,44). The molecular weight excluding hydrogens is 673 g/mol. The van der Waals surface area contributed by atoms with Crippen molar-refractivity contribution in [3.63, 3.8) is 0 Å². The smallest absolute Gasteiger partial charge is 0.306 e. The number of piperazine rings is 1. The summed E-state index contributed by atoms with van der Waals surface area (Å²) in [7, 11) is 1.58. The number of carbonyl (C=O) groups is 2. The number of unbranched alkanes of at least 4 members (excludes halogenated alkanes) is 10. The van der Waals surface area contributed by atoms with Gasteiger partial charge in [0.1, 0.15) is 18.0 Å². The summed E-state index contributed by atoms with van der Waals surface area (Å²) in [4.78, 5) is 37.8. The molecule has 3 aromatic rings. The highest BCUT2D eigenvalue weighted by atomic mass is 35.5. The van der Waals surface area contributed by atoms with Crippen LogP contribution in [0.4, 0.5) is 15.9 Å². The molecule has 12 heteroatoms. The molecule has 51 heavy (non-hydrogen) atoms. The number of anilines is 2. The maximum atomic E-state index is 13.6. The van der Waals surface area contributed by atoms with Crippen LogP contribution in [0, 0.1) is 5.82 Å². The fourth-order valence-electron chi connectivity index (χ4n) is 6.23. The summed E-state index contributed by atoms with van der Waals surface area (Å²) in [5.74, 6) is 0.876. The second kappa shape index (κ2) is 22.3. The Bertz CT molecular complexity index is 1520. The lowest BCUT2D eigenvalue weighted by molar-refractivity contribution is -0.146. The average molecular weight is 728 g/mol. The van der Waals surface area contributed by atoms with Gasteiger partial charge >= 0.3 is 5.97 Å². The zero-order valence-electron chi connectivity index (χ0n) is 30.4. The predicted octanol–water partition coefficient (Wildman–Crippen LogP) is 8.72. The third-order valence-electron chi connectivity index (χ3n) is 9.26. The number of aromatic nitrogens is 2. The second-order valence-electron chi connectivity index (χ2n) is 13.2. The van der Waals surface area contributed by atoms with Gasteiger partial charge in [0.15, 0.2) is 11.5 Å². The molecule has 1 aliphatic heterocycles. The van der Waals surface area contributed by atoms with Gasteiger partial charge in [0.2, 0.25) is 5.91 Å². The van der Waals surface area contributed by atoms with E-state index in [1.165, 1.54) is 76.2 Å². The number of amides is 1. The van der Waals surface area contributed by atoms with Crippen molar-refractivity contribution in [3.05, 3.63) is 47.5 Å². The lowest BCUT2D eigenvalue weighted by atomic mass is 10.1. The van der Waals surface area contributed by atoms with Crippen LogP contribution in [0.25, 0.3) is 10.9 Å². The zero-order chi connectivity index (χ0) is 36.3. The third-order valence-corrected chi connectivity index (χ3v) is 9.55. The van der Waals surface area contributed by atoms with E-state index in [1.807, 2.05) is 11.0 Å². The number of nitrogens with one attached hydrogen (secondary N) is 1. The number of hydrogen-bond donors (Lipinski definition) is 1. The van der Waals surface area contributed by atoms with E-state index in [0.717, 1.165) is 38.9 Å². The van der Waals surface area contributed by atoms with E-state index in [-0.39, 0.29) is 29.7 Å². The molecule has 0 saturated carbocycles. The van der Waals surface area contributed by atoms with Gasteiger partial charge in [-0.15, -0.1) is 0 Å². The monoisotopic (exact) mass is 727 g/mol. The summed E-state index contributed by atoms with van der Waals surface area (Å²) in [5.41, 5.74) is 1.25. The van der Waals surface area contributed by atoms with Crippen LogP contribution in [0.5, 0.6) is 11.5 Å². The summed E-state index contributed by atoms with van der Waals surface area (Å²) < 4.78 is 30.7. The minimum atomic E-state index is -0.496. The molecule has 1 N–H and O–H groups in total. The van der Waals surface area contributed by atoms with Crippen LogP contribution < -0.4 is 14.8 Å². The number of ether oxygens (including phenoxy) is 3. The highest BCUT2D eigenvalue weighted by molar-refractivity contribution is 6.31. The molecule has 280 valence electrons. The molecule has 0 aliphatic carbocycles. The summed E-state index contributed by atoms with van der Waals surface area (Å²) in [6.45, 7) is 6.80. The molecule has 2 aromatic carbocycles. The van der Waals surface area contributed by atoms with Gasteiger partial charge in [-0.1, -0.05) is 82.7 Å². The van der Waals surface area contributed by atoms with Gasteiger partial charge in [-0.05, 0) is 37.1 Å². The Labute approximate surface area is 307 Å². The summed E-state index contributed by atoms with van der Waals surface area (Å²) in [6, 6.07) is 8.01. The molecule has 1 fully saturated rings. The Morgan fingerprint density at radius 3 is 2.24 bits per heavy atom. The van der Waals surface area contributed by atoms with E-state index in [0.29, 0.717) is 60.2 Å². The number of esters is 1. The highest BCUT2D eigenvalue weighted by Gasteiger charge is 2.22. The van der Waals surface area contributed by atoms with Gasteiger partial charge in [-0.2, -0.15) is 0 Å². The molecule has 0 bridgehead atoms. The fraction of sp³-hybridized carbons (Fsp3) is 0.590. The Balaban J connectivity index is 1.09. The molecule has 0 radical (unpaired) electrons. The number of carbonyl (C=O) groups excluding carboxylic acids is 2. The maximum absolute atomic E-state index is 13.6. The summed E-state index contributed by atoms with van der Waals surface area (Å²) >= 11 is 5.96. The van der Waals surface area contributed by atoms with Crippen LogP contribution >= 0.6 is 11.6 Å². The first-order valence-electron chi connectivity index (χ1n) is 18.7. The number of methoxy groups -OCH3 is 1. The molecule has 0 spiro atoms. The zero-order valence-corrected chi connectivity index (χ0v) is 31.2. The summed E-state index contributed by atoms with van der Waals surface area (Å²) in [5, 5.41) is 3.91. The van der Waals surface area contributed by atoms with Crippen LogP contribution in [0.1, 0.15) is 96.8 Å². The van der Waals surface area contributed by atoms with Gasteiger partial charge < -0.3 is 24.4 Å². The quantitative estimate of drug-likeness (QED) is 0.0758. The first-order valence-corrected chi connectivity index (χ1v) is 19.1. The van der Waals surface area contributed by atoms with Crippen molar-refractivity contribution in [1.29, 1.82) is 0 Å². The van der Waals surface area contributed by atoms with Crippen LogP contribution in [0.3, 0.4) is 0 Å². The average Bonchev–Trinajstić information content (AvgIpc) is 3.14. The number of benzene rings is 2. The van der Waals surface area contributed by atoms with E-state index in [2.05, 4.69) is 27.1 Å². The van der Waals surface area contributed by atoms with Gasteiger partial charge in [0, 0.05) is 56.3 Å². The Morgan fingerprint density at radius 2 is 1.55 bits per heavy atom. The fourth-order valence-corrected chi connectivity index (χ4v) is 6.41. The first kappa shape index (κ1) is 40.1. The van der Waals surface area contributed by atoms with Crippen molar-refractivity contribution in [2.45, 2.75) is 96.8 Å². The maximum Gasteiger partial charge on any atom is 0.306 e. The van der Waals surface area contributed by atoms with Crippen molar-refractivity contribution in [2.75, 3.05) is 58.4 Å². The van der Waals surface area contributed by atoms with Crippen LogP contribution in [-0.2, 0) is 14.3 Å². The topological polar surface area (TPSA) is 106 Å². The molecule has 1 amide bonds. The SMILES string of the molecule is CCCCCCCCCCCCCOC(=O)CCC(=O)N1CCN(CCCOc2cc3c(Nc4ccc(F)c(Cl)c4)ncnc3cc2OC)CC1. The predicted molar refractivity (Wildman–Crippen MR) is 201 cm³/mol. The summed E-state index contributed by atoms with van der Waals surface area (Å²) in [6.07, 6.45) is 16.3. The van der Waals surface area contributed by atoms with Crippen LogP contribution in [0.2, 0.25) is 5.02 Å². The van der Waals surface area contributed by atoms with E-state index in [4.69, 9.17) is 25.8 Å². The van der Waals surface area contributed by atoms with E-state index >= 15 is 0 Å². The van der Waals surface area contributed by atoms with Crippen molar-refractivity contribution in [1.82, 2.24) is 19.8 Å². The van der Waals surface area contributed by atoms with Crippen molar-refractivity contribution in [3.8, 4) is 11.5 Å². The molecule has 2 heterocycles. The molecular formula is C39H55ClFN5O5. The molecule has 1 saturated heterocycles. The van der Waals surface area contributed by atoms with Crippen molar-refractivity contribution < 1.29 is 28.2 Å². The van der Waals surface area contributed by atoms with Crippen LogP contribution in [-0.4, -0.2) is 84.7 Å². The molecule has 1 aliphatic rings. The molecule has 10 nitrogen and oxygen atoms in total. The number of hydrogen-bond acceptors (Lipinski definition) is 9. The first-order chi connectivity index (χ1) is 24.9. The van der Waals surface area contributed by atoms with Gasteiger partial charge in [-0.25, -0.2) is 14.4 Å². The number of nitrogens with zero attached hydrogens (tertiary/aromatic N) is 4.